The van der Waals surface area contributed by atoms with Crippen LogP contribution < -0.4 is 10.1 Å². The number of rotatable bonds is 5. The van der Waals surface area contributed by atoms with Crippen molar-refractivity contribution < 1.29 is 4.74 Å². The lowest BCUT2D eigenvalue weighted by Crippen LogP contribution is -2.35. The Bertz CT molecular complexity index is 555. The first-order valence-corrected chi connectivity index (χ1v) is 6.87. The highest BCUT2D eigenvalue weighted by atomic mass is 16.5. The van der Waals surface area contributed by atoms with Crippen LogP contribution in [0.1, 0.15) is 32.2 Å². The van der Waals surface area contributed by atoms with Gasteiger partial charge >= 0.3 is 0 Å². The van der Waals surface area contributed by atoms with Crippen LogP contribution in [0.15, 0.2) is 36.5 Å². The van der Waals surface area contributed by atoms with E-state index in [1.54, 1.807) is 7.11 Å². The van der Waals surface area contributed by atoms with Gasteiger partial charge in [0.1, 0.15) is 0 Å². The molecule has 0 aliphatic carbocycles. The molecule has 0 radical (unpaired) electrons. The number of hydrogen-bond donors (Lipinski definition) is 1. The van der Waals surface area contributed by atoms with Gasteiger partial charge in [-0.05, 0) is 39.0 Å². The molecule has 2 heterocycles. The van der Waals surface area contributed by atoms with Crippen molar-refractivity contribution in [2.24, 2.45) is 0 Å². The third kappa shape index (κ3) is 4.10. The molecule has 0 spiro atoms. The molecule has 2 rings (SSSR count). The van der Waals surface area contributed by atoms with Gasteiger partial charge < -0.3 is 14.6 Å². The first-order valence-electron chi connectivity index (χ1n) is 6.87. The summed E-state index contributed by atoms with van der Waals surface area (Å²) in [5.74, 6) is 0.657. The van der Waals surface area contributed by atoms with Crippen molar-refractivity contribution in [2.75, 3.05) is 7.11 Å². The van der Waals surface area contributed by atoms with E-state index in [0.717, 1.165) is 18.8 Å². The molecule has 0 aliphatic rings. The minimum absolute atomic E-state index is 0.114. The van der Waals surface area contributed by atoms with E-state index in [-0.39, 0.29) is 5.54 Å². The fourth-order valence-electron chi connectivity index (χ4n) is 1.95. The molecule has 0 saturated carbocycles. The molecular weight excluding hydrogens is 250 g/mol. The molecule has 1 N–H and O–H groups in total. The summed E-state index contributed by atoms with van der Waals surface area (Å²) in [6.45, 7) is 8.11. The molecule has 0 aliphatic heterocycles. The van der Waals surface area contributed by atoms with Gasteiger partial charge in [-0.2, -0.15) is 0 Å². The number of hydrogen-bond acceptors (Lipinski definition) is 3. The minimum Gasteiger partial charge on any atom is -0.481 e. The van der Waals surface area contributed by atoms with Gasteiger partial charge in [0.2, 0.25) is 5.88 Å². The maximum absolute atomic E-state index is 5.16. The van der Waals surface area contributed by atoms with Crippen molar-refractivity contribution in [3.8, 4) is 5.88 Å². The number of methoxy groups -OCH3 is 1. The fourth-order valence-corrected chi connectivity index (χ4v) is 1.95. The monoisotopic (exact) mass is 273 g/mol. The zero-order chi connectivity index (χ0) is 14.6. The second kappa shape index (κ2) is 6.09. The summed E-state index contributed by atoms with van der Waals surface area (Å²) < 4.78 is 7.37. The van der Waals surface area contributed by atoms with Gasteiger partial charge in [-0.25, -0.2) is 4.98 Å². The Morgan fingerprint density at radius 2 is 2.00 bits per heavy atom. The molecule has 0 amide bonds. The van der Waals surface area contributed by atoms with E-state index in [1.807, 2.05) is 18.2 Å². The predicted octanol–water partition coefficient (Wildman–Crippen LogP) is 2.83. The van der Waals surface area contributed by atoms with Gasteiger partial charge in [-0.15, -0.1) is 0 Å². The summed E-state index contributed by atoms with van der Waals surface area (Å²) in [5.41, 5.74) is 2.37. The van der Waals surface area contributed by atoms with Crippen LogP contribution in [0.5, 0.6) is 5.88 Å². The molecule has 0 aromatic carbocycles. The summed E-state index contributed by atoms with van der Waals surface area (Å²) in [6.07, 6.45) is 2.08. The van der Waals surface area contributed by atoms with E-state index < -0.39 is 0 Å². The molecule has 0 bridgehead atoms. The molecule has 4 heteroatoms. The summed E-state index contributed by atoms with van der Waals surface area (Å²) in [7, 11) is 1.64. The molecule has 2 aromatic rings. The highest BCUT2D eigenvalue weighted by Crippen LogP contribution is 2.11. The lowest BCUT2D eigenvalue weighted by atomic mass is 10.1. The lowest BCUT2D eigenvalue weighted by Gasteiger charge is -2.21. The summed E-state index contributed by atoms with van der Waals surface area (Å²) in [5, 5.41) is 3.51. The second-order valence-electron chi connectivity index (χ2n) is 5.90. The molecule has 0 saturated heterocycles. The average molecular weight is 273 g/mol. The highest BCUT2D eigenvalue weighted by molar-refractivity contribution is 5.17. The second-order valence-corrected chi connectivity index (χ2v) is 5.90. The van der Waals surface area contributed by atoms with Crippen LogP contribution in [0.3, 0.4) is 0 Å². The Labute approximate surface area is 120 Å². The largest absolute Gasteiger partial charge is 0.481 e. The zero-order valence-electron chi connectivity index (χ0n) is 12.7. The molecule has 0 atom stereocenters. The number of nitrogens with zero attached hydrogens (tertiary/aromatic N) is 2. The van der Waals surface area contributed by atoms with Crippen LogP contribution in [0.25, 0.3) is 0 Å². The summed E-state index contributed by atoms with van der Waals surface area (Å²) in [4.78, 5) is 4.45. The lowest BCUT2D eigenvalue weighted by molar-refractivity contribution is 0.395. The quantitative estimate of drug-likeness (QED) is 0.910. The van der Waals surface area contributed by atoms with Crippen LogP contribution in [-0.2, 0) is 13.1 Å². The average Bonchev–Trinajstić information content (AvgIpc) is 2.83. The van der Waals surface area contributed by atoms with Gasteiger partial charge in [0.25, 0.3) is 0 Å². The molecule has 4 nitrogen and oxygen atoms in total. The van der Waals surface area contributed by atoms with Gasteiger partial charge in [-0.3, -0.25) is 0 Å². The molecular formula is C16H23N3O. The Morgan fingerprint density at radius 1 is 1.20 bits per heavy atom. The normalized spacial score (nSPS) is 11.6. The number of ether oxygens (including phenoxy) is 1. The van der Waals surface area contributed by atoms with E-state index >= 15 is 0 Å². The van der Waals surface area contributed by atoms with Crippen LogP contribution in [-0.4, -0.2) is 22.2 Å². The third-order valence-electron chi connectivity index (χ3n) is 3.05. The van der Waals surface area contributed by atoms with Gasteiger partial charge in [-0.1, -0.05) is 6.07 Å². The maximum Gasteiger partial charge on any atom is 0.213 e. The predicted molar refractivity (Wildman–Crippen MR) is 80.9 cm³/mol. The Hall–Kier alpha value is -1.81. The molecule has 108 valence electrons. The van der Waals surface area contributed by atoms with E-state index in [1.165, 1.54) is 5.69 Å². The van der Waals surface area contributed by atoms with Gasteiger partial charge in [0, 0.05) is 30.0 Å². The molecule has 0 unspecified atom stereocenters. The number of pyridine rings is 1. The van der Waals surface area contributed by atoms with Crippen molar-refractivity contribution in [1.82, 2.24) is 14.9 Å². The van der Waals surface area contributed by atoms with Crippen molar-refractivity contribution in [3.63, 3.8) is 0 Å². The maximum atomic E-state index is 5.16. The highest BCUT2D eigenvalue weighted by Gasteiger charge is 2.10. The smallest absolute Gasteiger partial charge is 0.213 e. The standard InChI is InChI=1S/C16H23N3O/c1-16(2,3)17-11-14-8-6-10-19(14)12-13-7-5-9-15(18-13)20-4/h5-10,17H,11-12H2,1-4H3. The van der Waals surface area contributed by atoms with Crippen LogP contribution in [0.4, 0.5) is 0 Å². The van der Waals surface area contributed by atoms with E-state index in [9.17, 15) is 0 Å². The molecule has 2 aromatic heterocycles. The summed E-state index contributed by atoms with van der Waals surface area (Å²) in [6, 6.07) is 10.1. The van der Waals surface area contributed by atoms with Crippen molar-refractivity contribution in [3.05, 3.63) is 47.9 Å². The van der Waals surface area contributed by atoms with Crippen molar-refractivity contribution in [2.45, 2.75) is 39.4 Å². The minimum atomic E-state index is 0.114. The topological polar surface area (TPSA) is 39.1 Å². The number of aromatic nitrogens is 2. The summed E-state index contributed by atoms with van der Waals surface area (Å²) >= 11 is 0. The van der Waals surface area contributed by atoms with Crippen molar-refractivity contribution >= 4 is 0 Å². The molecule has 0 fully saturated rings. The van der Waals surface area contributed by atoms with Crippen LogP contribution >= 0.6 is 0 Å². The first-order chi connectivity index (χ1) is 9.48. The van der Waals surface area contributed by atoms with Crippen LogP contribution in [0, 0.1) is 0 Å². The van der Waals surface area contributed by atoms with E-state index in [0.29, 0.717) is 5.88 Å². The Balaban J connectivity index is 2.08. The zero-order valence-corrected chi connectivity index (χ0v) is 12.7. The van der Waals surface area contributed by atoms with Gasteiger partial charge in [0.15, 0.2) is 0 Å². The molecule has 20 heavy (non-hydrogen) atoms. The third-order valence-corrected chi connectivity index (χ3v) is 3.05. The number of nitrogens with one attached hydrogen (secondary N) is 1. The SMILES string of the molecule is COc1cccc(Cn2cccc2CNC(C)(C)C)n1. The Morgan fingerprint density at radius 3 is 2.70 bits per heavy atom. The first kappa shape index (κ1) is 14.6. The van der Waals surface area contributed by atoms with Gasteiger partial charge in [0.05, 0.1) is 19.3 Å². The van der Waals surface area contributed by atoms with Crippen LogP contribution in [0.2, 0.25) is 0 Å². The van der Waals surface area contributed by atoms with Crippen molar-refractivity contribution in [1.29, 1.82) is 0 Å². The fraction of sp³-hybridized carbons (Fsp3) is 0.438. The Kier molecular flexibility index (Phi) is 4.45. The van der Waals surface area contributed by atoms with E-state index in [4.69, 9.17) is 4.74 Å². The van der Waals surface area contributed by atoms with E-state index in [2.05, 4.69) is 54.0 Å².